The van der Waals surface area contributed by atoms with Gasteiger partial charge < -0.3 is 9.47 Å². The molecule has 0 spiro atoms. The lowest BCUT2D eigenvalue weighted by molar-refractivity contribution is 0.0195. The molecule has 2 aliphatic rings. The van der Waals surface area contributed by atoms with E-state index in [1.165, 1.54) is 6.07 Å². The number of hydrogen-bond acceptors (Lipinski definition) is 3. The average molecular weight is 557 g/mol. The monoisotopic (exact) mass is 555 g/mol. The lowest BCUT2D eigenvalue weighted by atomic mass is 9.74. The van der Waals surface area contributed by atoms with Gasteiger partial charge in [0.15, 0.2) is 18.4 Å². The summed E-state index contributed by atoms with van der Waals surface area (Å²) in [6.45, 7) is 12.6. The van der Waals surface area contributed by atoms with Gasteiger partial charge in [0, 0.05) is 26.3 Å². The van der Waals surface area contributed by atoms with Gasteiger partial charge in [0.1, 0.15) is 5.67 Å². The number of alkyl halides is 1. The van der Waals surface area contributed by atoms with Crippen LogP contribution in [0.4, 0.5) is 8.78 Å². The first-order chi connectivity index (χ1) is 15.6. The van der Waals surface area contributed by atoms with Gasteiger partial charge in [-0.3, -0.25) is 0 Å². The van der Waals surface area contributed by atoms with Gasteiger partial charge in [0.25, 0.3) is 0 Å². The topological polar surface area (TPSA) is 47.6 Å². The van der Waals surface area contributed by atoms with Crippen LogP contribution in [0.5, 0.6) is 5.75 Å². The molecule has 10 heteroatoms. The third kappa shape index (κ3) is 6.35. The molecule has 194 valence electrons. The number of fused-ring (bicyclic) bond motifs is 2. The Morgan fingerprint density at radius 3 is 2.32 bits per heavy atom. The van der Waals surface area contributed by atoms with E-state index in [-0.39, 0.29) is 34.6 Å². The largest absolute Gasteiger partial charge is 0.464 e. The predicted octanol–water partition coefficient (Wildman–Crippen LogP) is 7.59. The minimum absolute atomic E-state index is 0.0345. The molecule has 2 saturated carbocycles. The molecule has 0 heterocycles. The molecular formula is C24H37Cl2F2NO3SSi. The molecule has 2 bridgehead atoms. The van der Waals surface area contributed by atoms with E-state index in [4.69, 9.17) is 32.7 Å². The van der Waals surface area contributed by atoms with Crippen LogP contribution >= 0.6 is 23.2 Å². The molecule has 34 heavy (non-hydrogen) atoms. The lowest BCUT2D eigenvalue weighted by Crippen LogP contribution is -2.42. The smallest absolute Gasteiger partial charge is 0.189 e. The first-order valence-electron chi connectivity index (χ1n) is 11.8. The maximum absolute atomic E-state index is 15.9. The molecular weight excluding hydrogens is 519 g/mol. The van der Waals surface area contributed by atoms with E-state index in [0.29, 0.717) is 32.3 Å². The van der Waals surface area contributed by atoms with Crippen molar-refractivity contribution in [2.24, 2.45) is 5.41 Å². The van der Waals surface area contributed by atoms with Crippen LogP contribution in [0.1, 0.15) is 64.5 Å². The van der Waals surface area contributed by atoms with Crippen LogP contribution in [0, 0.1) is 11.2 Å². The minimum Gasteiger partial charge on any atom is -0.464 e. The third-order valence-corrected chi connectivity index (χ3v) is 11.0. The van der Waals surface area contributed by atoms with Gasteiger partial charge in [-0.25, -0.2) is 17.7 Å². The lowest BCUT2D eigenvalue weighted by Gasteiger charge is -2.38. The Balaban J connectivity index is 1.93. The molecule has 0 amide bonds. The van der Waals surface area contributed by atoms with E-state index in [2.05, 4.69) is 24.4 Å². The fourth-order valence-electron chi connectivity index (χ4n) is 4.85. The van der Waals surface area contributed by atoms with Crippen molar-refractivity contribution >= 4 is 42.3 Å². The molecule has 2 atom stereocenters. The Hall–Kier alpha value is -0.253. The van der Waals surface area contributed by atoms with E-state index >= 15 is 8.78 Å². The number of rotatable bonds is 10. The zero-order valence-corrected chi connectivity index (χ0v) is 24.3. The summed E-state index contributed by atoms with van der Waals surface area (Å²) in [6, 6.07) is 1.53. The highest BCUT2D eigenvalue weighted by Gasteiger charge is 2.59. The zero-order chi connectivity index (χ0) is 25.5. The summed E-state index contributed by atoms with van der Waals surface area (Å²) >= 11 is 13.0. The van der Waals surface area contributed by atoms with Gasteiger partial charge in [-0.2, -0.15) is 0 Å². The molecule has 1 N–H and O–H groups in total. The molecule has 0 aliphatic heterocycles. The SMILES string of the molecule is CC(C)(C)[S@@](=O)N[C@H](c1c(F)c(OCOCC[Si](C)(C)C)cc(Cl)c1Cl)C12CCC(F)(CC1)C2. The molecule has 0 saturated heterocycles. The fraction of sp³-hybridized carbons (Fsp3) is 0.750. The van der Waals surface area contributed by atoms with E-state index in [9.17, 15) is 4.21 Å². The van der Waals surface area contributed by atoms with Crippen LogP contribution in [0.25, 0.3) is 0 Å². The molecule has 2 fully saturated rings. The first-order valence-corrected chi connectivity index (χ1v) is 17.4. The Bertz CT molecular complexity index is 928. The Kier molecular flexibility index (Phi) is 8.54. The molecule has 3 rings (SSSR count). The second-order valence-corrected chi connectivity index (χ2v) is 20.4. The molecule has 2 aliphatic carbocycles. The standard InChI is InChI=1S/C24H37Cl2F2NO3SSi/c1-22(2,3)33(30)29-21(23-7-9-24(28,14-23)10-8-23)18-19(26)16(25)13-17(20(18)27)32-15-31-11-12-34(4,5)6/h13,21,29H,7-12,14-15H2,1-6H3/t21-,23?,24?,33-/m1/s1. The van der Waals surface area contributed by atoms with Gasteiger partial charge in [-0.15, -0.1) is 0 Å². The van der Waals surface area contributed by atoms with Gasteiger partial charge in [0.2, 0.25) is 0 Å². The van der Waals surface area contributed by atoms with Crippen LogP contribution in [0.2, 0.25) is 35.7 Å². The van der Waals surface area contributed by atoms with Crippen molar-refractivity contribution in [2.45, 2.75) is 95.0 Å². The van der Waals surface area contributed by atoms with Crippen molar-refractivity contribution < 1.29 is 22.5 Å². The highest BCUT2D eigenvalue weighted by molar-refractivity contribution is 7.84. The Morgan fingerprint density at radius 2 is 1.82 bits per heavy atom. The number of hydrogen-bond donors (Lipinski definition) is 1. The van der Waals surface area contributed by atoms with Crippen LogP contribution in [-0.2, 0) is 15.7 Å². The predicted molar refractivity (Wildman–Crippen MR) is 139 cm³/mol. The molecule has 1 aromatic rings. The molecule has 1 aromatic carbocycles. The van der Waals surface area contributed by atoms with Crippen LogP contribution in [-0.4, -0.2) is 36.1 Å². The van der Waals surface area contributed by atoms with Crippen molar-refractivity contribution in [3.05, 3.63) is 27.5 Å². The van der Waals surface area contributed by atoms with Gasteiger partial charge in [-0.05, 0) is 64.3 Å². The fourth-order valence-corrected chi connectivity index (χ4v) is 6.99. The number of ether oxygens (including phenoxy) is 2. The maximum Gasteiger partial charge on any atom is 0.189 e. The van der Waals surface area contributed by atoms with Crippen molar-refractivity contribution in [2.75, 3.05) is 13.4 Å². The van der Waals surface area contributed by atoms with Crippen molar-refractivity contribution in [3.63, 3.8) is 0 Å². The van der Waals surface area contributed by atoms with Crippen LogP contribution in [0.15, 0.2) is 6.07 Å². The Morgan fingerprint density at radius 1 is 1.21 bits per heavy atom. The summed E-state index contributed by atoms with van der Waals surface area (Å²) in [5, 5.41) is 0.162. The summed E-state index contributed by atoms with van der Waals surface area (Å²) in [4.78, 5) is 0. The number of nitrogens with one attached hydrogen (secondary N) is 1. The van der Waals surface area contributed by atoms with Crippen LogP contribution in [0.3, 0.4) is 0 Å². The molecule has 0 unspecified atom stereocenters. The summed E-state index contributed by atoms with van der Waals surface area (Å²) in [5.74, 6) is -0.756. The summed E-state index contributed by atoms with van der Waals surface area (Å²) in [5.41, 5.74) is -1.78. The number of halogens is 4. The van der Waals surface area contributed by atoms with Gasteiger partial charge >= 0.3 is 0 Å². The van der Waals surface area contributed by atoms with Gasteiger partial charge in [0.05, 0.1) is 31.8 Å². The third-order valence-electron chi connectivity index (χ3n) is 6.94. The second kappa shape index (κ2) is 10.2. The van der Waals surface area contributed by atoms with Crippen molar-refractivity contribution in [3.8, 4) is 5.75 Å². The van der Waals surface area contributed by atoms with E-state index in [0.717, 1.165) is 6.04 Å². The maximum atomic E-state index is 15.9. The van der Waals surface area contributed by atoms with E-state index < -0.39 is 46.7 Å². The quantitative estimate of drug-likeness (QED) is 0.140. The normalized spacial score (nSPS) is 26.6. The van der Waals surface area contributed by atoms with E-state index in [1.807, 2.05) is 20.8 Å². The van der Waals surface area contributed by atoms with Crippen molar-refractivity contribution in [1.82, 2.24) is 4.72 Å². The summed E-state index contributed by atoms with van der Waals surface area (Å²) in [7, 11) is -2.80. The van der Waals surface area contributed by atoms with E-state index in [1.54, 1.807) is 0 Å². The highest BCUT2D eigenvalue weighted by atomic mass is 35.5. The minimum atomic E-state index is -1.54. The first kappa shape index (κ1) is 28.3. The molecule has 4 nitrogen and oxygen atoms in total. The zero-order valence-electron chi connectivity index (χ0n) is 21.0. The summed E-state index contributed by atoms with van der Waals surface area (Å²) in [6.07, 6.45) is 2.20. The average Bonchev–Trinajstić information content (AvgIpc) is 3.23. The van der Waals surface area contributed by atoms with Crippen molar-refractivity contribution in [1.29, 1.82) is 0 Å². The second-order valence-electron chi connectivity index (χ2n) is 12.0. The summed E-state index contributed by atoms with van der Waals surface area (Å²) < 4.78 is 57.9. The van der Waals surface area contributed by atoms with Crippen LogP contribution < -0.4 is 9.46 Å². The molecule has 0 radical (unpaired) electrons. The Labute approximate surface area is 216 Å². The number of benzene rings is 1. The van der Waals surface area contributed by atoms with Gasteiger partial charge in [-0.1, -0.05) is 42.8 Å². The molecule has 0 aromatic heterocycles. The highest BCUT2D eigenvalue weighted by Crippen LogP contribution is 2.64.